The van der Waals surface area contributed by atoms with Gasteiger partial charge in [-0.05, 0) is 12.1 Å². The lowest BCUT2D eigenvalue weighted by molar-refractivity contribution is 0.0532. The quantitative estimate of drug-likeness (QED) is 0.408. The first-order valence-electron chi connectivity index (χ1n) is 6.27. The summed E-state index contributed by atoms with van der Waals surface area (Å²) in [5.41, 5.74) is 0.783. The second kappa shape index (κ2) is 6.33. The Kier molecular flexibility index (Phi) is 4.71. The summed E-state index contributed by atoms with van der Waals surface area (Å²) in [7, 11) is -3.48. The Hall–Kier alpha value is -1.77. The van der Waals surface area contributed by atoms with Crippen molar-refractivity contribution in [3.63, 3.8) is 0 Å². The van der Waals surface area contributed by atoms with Crippen molar-refractivity contribution in [3.05, 3.63) is 35.4 Å². The highest BCUT2D eigenvalue weighted by atomic mass is 32.2. The van der Waals surface area contributed by atoms with Gasteiger partial charge in [0.05, 0.1) is 43.7 Å². The smallest absolute Gasteiger partial charge is 0.264 e. The fourth-order valence-electron chi connectivity index (χ4n) is 1.94. The molecule has 7 nitrogen and oxygen atoms in total. The monoisotopic (exact) mass is 313 g/mol. The predicted molar refractivity (Wildman–Crippen MR) is 73.4 cm³/mol. The molecule has 0 saturated carbocycles. The molecule has 0 spiro atoms. The highest BCUT2D eigenvalue weighted by molar-refractivity contribution is 7.85. The number of rotatable bonds is 7. The Morgan fingerprint density at radius 1 is 1.00 bits per heavy atom. The van der Waals surface area contributed by atoms with Crippen LogP contribution in [0.2, 0.25) is 0 Å². The van der Waals surface area contributed by atoms with Gasteiger partial charge in [-0.1, -0.05) is 12.1 Å². The second-order valence-corrected chi connectivity index (χ2v) is 6.09. The SMILES string of the molecule is CS(=O)(=O)OCCOCCN1C(=O)c2ccccc2C1=O. The number of benzene rings is 1. The molecule has 2 amide bonds. The number of carbonyl (C=O) groups is 2. The number of hydrogen-bond donors (Lipinski definition) is 0. The van der Waals surface area contributed by atoms with E-state index in [9.17, 15) is 18.0 Å². The van der Waals surface area contributed by atoms with Gasteiger partial charge in [-0.15, -0.1) is 0 Å². The van der Waals surface area contributed by atoms with E-state index < -0.39 is 10.1 Å². The molecule has 0 aliphatic carbocycles. The molecule has 114 valence electrons. The maximum absolute atomic E-state index is 12.0. The first-order valence-corrected chi connectivity index (χ1v) is 8.09. The van der Waals surface area contributed by atoms with Crippen molar-refractivity contribution in [2.45, 2.75) is 0 Å². The molecular weight excluding hydrogens is 298 g/mol. The third-order valence-corrected chi connectivity index (χ3v) is 3.46. The molecule has 0 aromatic heterocycles. The first-order chi connectivity index (χ1) is 9.90. The summed E-state index contributed by atoms with van der Waals surface area (Å²) < 4.78 is 31.1. The van der Waals surface area contributed by atoms with Crippen molar-refractivity contribution in [1.82, 2.24) is 4.90 Å². The van der Waals surface area contributed by atoms with Crippen LogP contribution in [0.5, 0.6) is 0 Å². The zero-order valence-electron chi connectivity index (χ0n) is 11.4. The van der Waals surface area contributed by atoms with Crippen LogP contribution in [0.3, 0.4) is 0 Å². The number of fused-ring (bicyclic) bond motifs is 1. The van der Waals surface area contributed by atoms with Gasteiger partial charge in [-0.2, -0.15) is 8.42 Å². The van der Waals surface area contributed by atoms with E-state index >= 15 is 0 Å². The average molecular weight is 313 g/mol. The second-order valence-electron chi connectivity index (χ2n) is 4.45. The van der Waals surface area contributed by atoms with E-state index in [4.69, 9.17) is 4.74 Å². The molecule has 0 bridgehead atoms. The summed E-state index contributed by atoms with van der Waals surface area (Å²) in [6, 6.07) is 6.62. The van der Waals surface area contributed by atoms with Crippen molar-refractivity contribution in [3.8, 4) is 0 Å². The lowest BCUT2D eigenvalue weighted by Crippen LogP contribution is -2.33. The van der Waals surface area contributed by atoms with Crippen LogP contribution < -0.4 is 0 Å². The molecule has 1 aliphatic heterocycles. The van der Waals surface area contributed by atoms with Gasteiger partial charge in [0.25, 0.3) is 21.9 Å². The molecule has 21 heavy (non-hydrogen) atoms. The topological polar surface area (TPSA) is 90.0 Å². The maximum Gasteiger partial charge on any atom is 0.264 e. The van der Waals surface area contributed by atoms with Crippen LogP contribution in [0, 0.1) is 0 Å². The summed E-state index contributed by atoms with van der Waals surface area (Å²) in [6.45, 7) is 0.209. The molecule has 0 N–H and O–H groups in total. The lowest BCUT2D eigenvalue weighted by atomic mass is 10.1. The highest BCUT2D eigenvalue weighted by Crippen LogP contribution is 2.21. The number of amides is 2. The van der Waals surface area contributed by atoms with Crippen molar-refractivity contribution < 1.29 is 26.9 Å². The van der Waals surface area contributed by atoms with Crippen LogP contribution in [0.15, 0.2) is 24.3 Å². The van der Waals surface area contributed by atoms with Gasteiger partial charge in [-0.25, -0.2) is 0 Å². The van der Waals surface area contributed by atoms with Gasteiger partial charge in [0, 0.05) is 0 Å². The predicted octanol–water partition coefficient (Wildman–Crippen LogP) is 0.275. The number of hydrogen-bond acceptors (Lipinski definition) is 6. The average Bonchev–Trinajstić information content (AvgIpc) is 2.66. The van der Waals surface area contributed by atoms with E-state index in [2.05, 4.69) is 4.18 Å². The molecule has 0 atom stereocenters. The van der Waals surface area contributed by atoms with Crippen LogP contribution in [-0.4, -0.2) is 57.8 Å². The third-order valence-electron chi connectivity index (χ3n) is 2.86. The molecule has 0 unspecified atom stereocenters. The maximum atomic E-state index is 12.0. The molecule has 0 radical (unpaired) electrons. The third kappa shape index (κ3) is 3.87. The minimum atomic E-state index is -3.48. The first kappa shape index (κ1) is 15.6. The molecule has 1 aromatic carbocycles. The minimum absolute atomic E-state index is 0.0657. The summed E-state index contributed by atoms with van der Waals surface area (Å²) in [6.07, 6.45) is 0.950. The van der Waals surface area contributed by atoms with Gasteiger partial charge in [-0.3, -0.25) is 18.7 Å². The molecule has 0 fully saturated rings. The van der Waals surface area contributed by atoms with E-state index in [1.54, 1.807) is 24.3 Å². The normalized spacial score (nSPS) is 14.6. The number of nitrogens with zero attached hydrogens (tertiary/aromatic N) is 1. The Labute approximate surface area is 122 Å². The molecule has 1 heterocycles. The van der Waals surface area contributed by atoms with Crippen molar-refractivity contribution in [2.75, 3.05) is 32.6 Å². The molecule has 1 aliphatic rings. The van der Waals surface area contributed by atoms with Crippen molar-refractivity contribution >= 4 is 21.9 Å². The number of ether oxygens (including phenoxy) is 1. The summed E-state index contributed by atoms with van der Waals surface area (Å²) in [5.74, 6) is -0.682. The van der Waals surface area contributed by atoms with Crippen LogP contribution in [0.25, 0.3) is 0 Å². The van der Waals surface area contributed by atoms with E-state index in [0.29, 0.717) is 11.1 Å². The fourth-order valence-corrected chi connectivity index (χ4v) is 2.32. The summed E-state index contributed by atoms with van der Waals surface area (Å²) in [5, 5.41) is 0. The largest absolute Gasteiger partial charge is 0.377 e. The van der Waals surface area contributed by atoms with Gasteiger partial charge in [0.15, 0.2) is 0 Å². The van der Waals surface area contributed by atoms with Gasteiger partial charge in [0.1, 0.15) is 0 Å². The lowest BCUT2D eigenvalue weighted by Gasteiger charge is -2.13. The molecule has 0 saturated heterocycles. The van der Waals surface area contributed by atoms with Crippen molar-refractivity contribution in [1.29, 1.82) is 0 Å². The Morgan fingerprint density at radius 2 is 1.57 bits per heavy atom. The number of carbonyl (C=O) groups excluding carboxylic acids is 2. The summed E-state index contributed by atoms with van der Waals surface area (Å²) in [4.78, 5) is 25.1. The molecular formula is C13H15NO6S. The van der Waals surface area contributed by atoms with Gasteiger partial charge in [0.2, 0.25) is 0 Å². The van der Waals surface area contributed by atoms with E-state index in [1.165, 1.54) is 0 Å². The minimum Gasteiger partial charge on any atom is -0.377 e. The molecule has 2 rings (SSSR count). The van der Waals surface area contributed by atoms with Crippen LogP contribution in [-0.2, 0) is 19.0 Å². The van der Waals surface area contributed by atoms with Crippen LogP contribution in [0.1, 0.15) is 20.7 Å². The standard InChI is InChI=1S/C13H15NO6S/c1-21(17,18)20-9-8-19-7-6-14-12(15)10-4-2-3-5-11(10)13(14)16/h2-5H,6-9H2,1H3. The highest BCUT2D eigenvalue weighted by Gasteiger charge is 2.34. The molecule has 1 aromatic rings. The van der Waals surface area contributed by atoms with Crippen LogP contribution in [0.4, 0.5) is 0 Å². The van der Waals surface area contributed by atoms with E-state index in [1.807, 2.05) is 0 Å². The van der Waals surface area contributed by atoms with E-state index in [-0.39, 0.29) is 38.2 Å². The fraction of sp³-hybridized carbons (Fsp3) is 0.385. The zero-order chi connectivity index (χ0) is 15.5. The Bertz CT molecular complexity index is 619. The van der Waals surface area contributed by atoms with E-state index in [0.717, 1.165) is 11.2 Å². The Balaban J connectivity index is 1.78. The van der Waals surface area contributed by atoms with Crippen LogP contribution >= 0.6 is 0 Å². The molecule has 8 heteroatoms. The summed E-state index contributed by atoms with van der Waals surface area (Å²) >= 11 is 0. The number of imide groups is 1. The van der Waals surface area contributed by atoms with Crippen molar-refractivity contribution in [2.24, 2.45) is 0 Å². The Morgan fingerprint density at radius 3 is 2.10 bits per heavy atom. The van der Waals surface area contributed by atoms with Gasteiger partial charge < -0.3 is 4.74 Å². The van der Waals surface area contributed by atoms with Gasteiger partial charge >= 0.3 is 0 Å². The zero-order valence-corrected chi connectivity index (χ0v) is 12.3.